The van der Waals surface area contributed by atoms with Crippen molar-refractivity contribution in [3.05, 3.63) is 47.5 Å². The van der Waals surface area contributed by atoms with Gasteiger partial charge < -0.3 is 0 Å². The van der Waals surface area contributed by atoms with Gasteiger partial charge in [-0.05, 0) is 37.1 Å². The fourth-order valence-corrected chi connectivity index (χ4v) is 1.88. The van der Waals surface area contributed by atoms with Crippen LogP contribution in [-0.2, 0) is 19.4 Å². The highest BCUT2D eigenvalue weighted by atomic mass is 16.1. The predicted molar refractivity (Wildman–Crippen MR) is 69.6 cm³/mol. The molecule has 0 aromatic carbocycles. The van der Waals surface area contributed by atoms with Gasteiger partial charge in [0.15, 0.2) is 5.78 Å². The lowest BCUT2D eigenvalue weighted by Crippen LogP contribution is -2.11. The molecule has 0 aliphatic rings. The van der Waals surface area contributed by atoms with Gasteiger partial charge in [0.2, 0.25) is 0 Å². The Balaban J connectivity index is 2.20. The van der Waals surface area contributed by atoms with Gasteiger partial charge in [0.05, 0.1) is 5.69 Å². The maximum atomic E-state index is 12.2. The van der Waals surface area contributed by atoms with Crippen LogP contribution >= 0.6 is 0 Å². The Morgan fingerprint density at radius 3 is 2.61 bits per heavy atom. The van der Waals surface area contributed by atoms with Crippen LogP contribution in [0.1, 0.15) is 35.6 Å². The van der Waals surface area contributed by atoms with Gasteiger partial charge in [0.25, 0.3) is 0 Å². The molecule has 0 fully saturated rings. The normalized spacial score (nSPS) is 10.6. The molecule has 0 saturated heterocycles. The number of pyridine rings is 1. The van der Waals surface area contributed by atoms with E-state index in [0.29, 0.717) is 12.1 Å². The number of hydrogen-bond acceptors (Lipinski definition) is 3. The van der Waals surface area contributed by atoms with E-state index in [1.165, 1.54) is 0 Å². The first-order valence-corrected chi connectivity index (χ1v) is 6.23. The van der Waals surface area contributed by atoms with Gasteiger partial charge in [-0.2, -0.15) is 5.10 Å². The lowest BCUT2D eigenvalue weighted by atomic mass is 10.1. The van der Waals surface area contributed by atoms with Crippen molar-refractivity contribution in [1.82, 2.24) is 14.8 Å². The van der Waals surface area contributed by atoms with Gasteiger partial charge in [0.1, 0.15) is 5.69 Å². The molecule has 2 heterocycles. The lowest BCUT2D eigenvalue weighted by molar-refractivity contribution is 0.0983. The zero-order valence-corrected chi connectivity index (χ0v) is 10.8. The Labute approximate surface area is 107 Å². The van der Waals surface area contributed by atoms with Crippen LogP contribution in [0.4, 0.5) is 0 Å². The molecule has 2 aromatic heterocycles. The molecule has 0 spiro atoms. The largest absolute Gasteiger partial charge is 0.292 e. The molecule has 0 saturated carbocycles. The van der Waals surface area contributed by atoms with E-state index in [-0.39, 0.29) is 5.78 Å². The van der Waals surface area contributed by atoms with Crippen molar-refractivity contribution >= 4 is 5.78 Å². The predicted octanol–water partition coefficient (Wildman–Crippen LogP) is 2.29. The highest BCUT2D eigenvalue weighted by Crippen LogP contribution is 2.10. The molecule has 0 N–H and O–H groups in total. The van der Waals surface area contributed by atoms with Crippen molar-refractivity contribution < 1.29 is 4.79 Å². The molecule has 2 aromatic rings. The van der Waals surface area contributed by atoms with E-state index >= 15 is 0 Å². The highest BCUT2D eigenvalue weighted by Gasteiger charge is 2.14. The van der Waals surface area contributed by atoms with Crippen molar-refractivity contribution in [2.75, 3.05) is 0 Å². The molecule has 0 radical (unpaired) electrons. The number of nitrogens with zero attached hydrogens (tertiary/aromatic N) is 3. The summed E-state index contributed by atoms with van der Waals surface area (Å²) in [5.74, 6) is 0.107. The minimum absolute atomic E-state index is 0.107. The summed E-state index contributed by atoms with van der Waals surface area (Å²) in [7, 11) is 0. The Morgan fingerprint density at radius 1 is 1.28 bits per heavy atom. The van der Waals surface area contributed by atoms with Crippen LogP contribution in [0.15, 0.2) is 30.6 Å². The van der Waals surface area contributed by atoms with Crippen LogP contribution in [0.3, 0.4) is 0 Å². The first-order valence-electron chi connectivity index (χ1n) is 6.23. The third-order valence-electron chi connectivity index (χ3n) is 2.89. The third kappa shape index (κ3) is 2.64. The zero-order chi connectivity index (χ0) is 13.0. The van der Waals surface area contributed by atoms with E-state index in [1.54, 1.807) is 17.1 Å². The second-order valence-electron chi connectivity index (χ2n) is 4.15. The number of rotatable bonds is 5. The lowest BCUT2D eigenvalue weighted by Gasteiger charge is -2.03. The average Bonchev–Trinajstić information content (AvgIpc) is 2.83. The van der Waals surface area contributed by atoms with Gasteiger partial charge in [-0.15, -0.1) is 0 Å². The van der Waals surface area contributed by atoms with Crippen molar-refractivity contribution in [2.45, 2.75) is 33.2 Å². The second kappa shape index (κ2) is 5.58. The summed E-state index contributed by atoms with van der Waals surface area (Å²) in [6, 6.07) is 5.63. The van der Waals surface area contributed by atoms with Crippen LogP contribution in [0.2, 0.25) is 0 Å². The molecular formula is C14H17N3O. The summed E-state index contributed by atoms with van der Waals surface area (Å²) in [4.78, 5) is 16.2. The summed E-state index contributed by atoms with van der Waals surface area (Å²) in [6.07, 6.45) is 4.66. The van der Waals surface area contributed by atoms with E-state index in [1.807, 2.05) is 32.0 Å². The van der Waals surface area contributed by atoms with Gasteiger partial charge in [0, 0.05) is 25.4 Å². The van der Waals surface area contributed by atoms with Crippen LogP contribution in [0, 0.1) is 0 Å². The zero-order valence-electron chi connectivity index (χ0n) is 10.8. The number of ketones is 1. The molecule has 4 heteroatoms. The average molecular weight is 243 g/mol. The van der Waals surface area contributed by atoms with Crippen molar-refractivity contribution in [1.29, 1.82) is 0 Å². The SMILES string of the molecule is CCc1cc(C(=O)Cc2ccncc2)n(CC)n1. The molecule has 4 nitrogen and oxygen atoms in total. The summed E-state index contributed by atoms with van der Waals surface area (Å²) in [5.41, 5.74) is 2.65. The number of carbonyl (C=O) groups excluding carboxylic acids is 1. The third-order valence-corrected chi connectivity index (χ3v) is 2.89. The molecule has 0 aliphatic carbocycles. The Hall–Kier alpha value is -1.97. The first-order chi connectivity index (χ1) is 8.74. The fourth-order valence-electron chi connectivity index (χ4n) is 1.88. The van der Waals surface area contributed by atoms with Crippen LogP contribution in [0.25, 0.3) is 0 Å². The van der Waals surface area contributed by atoms with Crippen LogP contribution in [0.5, 0.6) is 0 Å². The minimum Gasteiger partial charge on any atom is -0.292 e. The first kappa shape index (κ1) is 12.5. The topological polar surface area (TPSA) is 47.8 Å². The number of aryl methyl sites for hydroxylation is 2. The molecular weight excluding hydrogens is 226 g/mol. The molecule has 18 heavy (non-hydrogen) atoms. The standard InChI is InChI=1S/C14H17N3O/c1-3-12-10-13(17(4-2)16-12)14(18)9-11-5-7-15-8-6-11/h5-8,10H,3-4,9H2,1-2H3. The molecule has 0 amide bonds. The summed E-state index contributed by atoms with van der Waals surface area (Å²) in [6.45, 7) is 4.76. The van der Waals surface area contributed by atoms with E-state index in [4.69, 9.17) is 0 Å². The maximum Gasteiger partial charge on any atom is 0.185 e. The van der Waals surface area contributed by atoms with Gasteiger partial charge in [-0.3, -0.25) is 14.5 Å². The number of aromatic nitrogens is 3. The Kier molecular flexibility index (Phi) is 3.87. The minimum atomic E-state index is 0.107. The monoisotopic (exact) mass is 243 g/mol. The molecule has 0 bridgehead atoms. The molecule has 0 unspecified atom stereocenters. The van der Waals surface area contributed by atoms with Crippen molar-refractivity contribution in [3.8, 4) is 0 Å². The number of hydrogen-bond donors (Lipinski definition) is 0. The maximum absolute atomic E-state index is 12.2. The summed E-state index contributed by atoms with van der Waals surface area (Å²) in [5, 5.41) is 4.39. The van der Waals surface area contributed by atoms with E-state index in [9.17, 15) is 4.79 Å². The molecule has 0 aliphatic heterocycles. The fraction of sp³-hybridized carbons (Fsp3) is 0.357. The van der Waals surface area contributed by atoms with Gasteiger partial charge in [-0.1, -0.05) is 6.92 Å². The van der Waals surface area contributed by atoms with Crippen molar-refractivity contribution in [3.63, 3.8) is 0 Å². The number of carbonyl (C=O) groups is 1. The molecule has 94 valence electrons. The molecule has 0 atom stereocenters. The quantitative estimate of drug-likeness (QED) is 0.757. The Morgan fingerprint density at radius 2 is 2.00 bits per heavy atom. The number of Topliss-reactive ketones (excluding diaryl/α,β-unsaturated/α-hetero) is 1. The Bertz CT molecular complexity index is 531. The van der Waals surface area contributed by atoms with E-state index in [0.717, 1.165) is 24.2 Å². The van der Waals surface area contributed by atoms with Gasteiger partial charge >= 0.3 is 0 Å². The van der Waals surface area contributed by atoms with E-state index < -0.39 is 0 Å². The van der Waals surface area contributed by atoms with Crippen LogP contribution in [-0.4, -0.2) is 20.5 Å². The van der Waals surface area contributed by atoms with Crippen molar-refractivity contribution in [2.24, 2.45) is 0 Å². The van der Waals surface area contributed by atoms with E-state index in [2.05, 4.69) is 10.1 Å². The second-order valence-corrected chi connectivity index (χ2v) is 4.15. The van der Waals surface area contributed by atoms with Gasteiger partial charge in [-0.25, -0.2) is 0 Å². The highest BCUT2D eigenvalue weighted by molar-refractivity contribution is 5.96. The van der Waals surface area contributed by atoms with Crippen LogP contribution < -0.4 is 0 Å². The molecule has 2 rings (SSSR count). The smallest absolute Gasteiger partial charge is 0.185 e. The summed E-state index contributed by atoms with van der Waals surface area (Å²) < 4.78 is 1.78. The summed E-state index contributed by atoms with van der Waals surface area (Å²) >= 11 is 0.